The van der Waals surface area contributed by atoms with E-state index in [4.69, 9.17) is 0 Å². The van der Waals surface area contributed by atoms with Crippen LogP contribution >= 0.6 is 0 Å². The number of hydrogen-bond donors (Lipinski definition) is 0. The van der Waals surface area contributed by atoms with Gasteiger partial charge in [0.25, 0.3) is 0 Å². The van der Waals surface area contributed by atoms with Crippen LogP contribution in [0.5, 0.6) is 0 Å². The fourth-order valence-electron chi connectivity index (χ4n) is 1.31. The average molecular weight is 1470 g/mol. The maximum absolute atomic E-state index is 9.53. The zero-order valence-electron chi connectivity index (χ0n) is 35.4. The van der Waals surface area contributed by atoms with Gasteiger partial charge in [-0.25, -0.2) is 0 Å². The van der Waals surface area contributed by atoms with Crippen LogP contribution in [0.4, 0.5) is 0 Å². The molecule has 428 valence electrons. The molecule has 24 N–H and O–H groups in total. The van der Waals surface area contributed by atoms with Crippen LogP contribution < -0.4 is 61.3 Å². The number of rotatable bonds is 24. The zero-order chi connectivity index (χ0) is 43.7. The van der Waals surface area contributed by atoms with Gasteiger partial charge in [0.15, 0.2) is 0 Å². The smallest absolute Gasteiger partial charge is 0.548 e. The molecule has 0 unspecified atom stereocenters. The molecule has 0 bridgehead atoms. The van der Waals surface area contributed by atoms with Crippen LogP contribution in [0.15, 0.2) is 0 Å². The molecule has 0 aliphatic rings. The van der Waals surface area contributed by atoms with Crippen molar-refractivity contribution in [2.24, 2.45) is 0 Å². The molecule has 0 aromatic heterocycles. The Morgan fingerprint density at radius 2 is 0.225 bits per heavy atom. The standard InChI is InChI=1S/6C4H6O5.3Ca.12H2O.2Tm/c6*5-3(6)1-9-2-4(7)8;;;;;;;;;;;;;;;;;/h6*1-2H2,(H,5,6)(H,7,8);;;;12*1H2;;/q;;;;;;3*+2;;;;;;;;;;;;;2*+3/p-12. The van der Waals surface area contributed by atoms with Gasteiger partial charge in [0.2, 0.25) is 0 Å². The summed E-state index contributed by atoms with van der Waals surface area (Å²) >= 11 is 0. The Balaban J connectivity index is -0.0000000177. The van der Waals surface area contributed by atoms with E-state index in [2.05, 4.69) is 28.4 Å². The normalized spacial score (nSPS) is 6.76. The second-order valence-electron chi connectivity index (χ2n) is 7.42. The van der Waals surface area contributed by atoms with E-state index < -0.39 is 151 Å². The zero-order valence-corrected chi connectivity index (χ0v) is 45.6. The van der Waals surface area contributed by atoms with Crippen molar-refractivity contribution >= 4 is 185 Å². The number of carbonyl (C=O) groups excluding carboxylic acids is 12. The maximum Gasteiger partial charge on any atom is 3.00 e. The summed E-state index contributed by atoms with van der Waals surface area (Å²) in [6.45, 7) is -8.57. The van der Waals surface area contributed by atoms with Crippen molar-refractivity contribution in [3.63, 3.8) is 0 Å². The van der Waals surface area contributed by atoms with Crippen LogP contribution in [0.1, 0.15) is 0 Å². The van der Waals surface area contributed by atoms with Crippen molar-refractivity contribution in [2.75, 3.05) is 79.3 Å². The van der Waals surface area contributed by atoms with Gasteiger partial charge in [0.05, 0.1) is 151 Å². The molecule has 0 spiro atoms. The van der Waals surface area contributed by atoms with Gasteiger partial charge in [0, 0.05) is 0 Å². The van der Waals surface area contributed by atoms with Gasteiger partial charge in [-0.2, -0.15) is 0 Å². The molecule has 0 saturated heterocycles. The summed E-state index contributed by atoms with van der Waals surface area (Å²) in [6.07, 6.45) is 0. The third kappa shape index (κ3) is 252. The van der Waals surface area contributed by atoms with E-state index in [0.29, 0.717) is 0 Å². The Morgan fingerprint density at radius 1 is 0.183 bits per heavy atom. The molecule has 0 fully saturated rings. The molecule has 42 nitrogen and oxygen atoms in total. The average Bonchev–Trinajstić information content (AvgIpc) is 2.96. The van der Waals surface area contributed by atoms with Crippen LogP contribution in [0.3, 0.4) is 0 Å². The molecule has 0 saturated carbocycles. The topological polar surface area (TPSA) is 915 Å². The summed E-state index contributed by atoms with van der Waals surface area (Å²) in [5, 5.41) is 114. The first-order chi connectivity index (χ1) is 24.8. The van der Waals surface area contributed by atoms with Gasteiger partial charge in [-0.1, -0.05) is 0 Å². The first kappa shape index (κ1) is 151. The van der Waals surface area contributed by atoms with E-state index in [-0.39, 0.29) is 253 Å². The Bertz CT molecular complexity index is 897. The maximum atomic E-state index is 9.53. The first-order valence-corrected chi connectivity index (χ1v) is 12.6. The van der Waals surface area contributed by atoms with Crippen LogP contribution in [-0.4, -0.2) is 330 Å². The number of carboxylic acid groups (broad SMARTS) is 12. The molecule has 0 atom stereocenters. The van der Waals surface area contributed by atoms with Crippen molar-refractivity contribution in [3.8, 4) is 0 Å². The van der Waals surface area contributed by atoms with Crippen molar-refractivity contribution < 1.29 is 287 Å². The van der Waals surface area contributed by atoms with E-state index in [1.165, 1.54) is 0 Å². The molecule has 0 rings (SSSR count). The van der Waals surface area contributed by atoms with Gasteiger partial charge in [0.1, 0.15) is 0 Å². The fourth-order valence-corrected chi connectivity index (χ4v) is 1.31. The van der Waals surface area contributed by atoms with Crippen molar-refractivity contribution in [1.29, 1.82) is 0 Å². The number of carboxylic acids is 12. The largest absolute Gasteiger partial charge is 3.00 e. The molecular formula is C24H48Ca3O42Tm2. The van der Waals surface area contributed by atoms with Gasteiger partial charge in [-0.05, 0) is 0 Å². The van der Waals surface area contributed by atoms with E-state index >= 15 is 0 Å². The predicted molar refractivity (Wildman–Crippen MR) is 186 cm³/mol. The van der Waals surface area contributed by atoms with Gasteiger partial charge >= 0.3 is 187 Å². The van der Waals surface area contributed by atoms with Crippen molar-refractivity contribution in [1.82, 2.24) is 0 Å². The predicted octanol–water partition coefficient (Wildman–Crippen LogP) is -32.0. The Hall–Kier alpha value is -0.833. The third-order valence-electron chi connectivity index (χ3n) is 2.64. The first-order valence-electron chi connectivity index (χ1n) is 12.6. The molecular weight excluding hydrogens is 1420 g/mol. The molecule has 47 heteroatoms. The molecule has 0 radical (unpaired) electrons. The Morgan fingerprint density at radius 3 is 0.254 bits per heavy atom. The van der Waals surface area contributed by atoms with Crippen LogP contribution in [-0.2, 0) is 86.0 Å². The van der Waals surface area contributed by atoms with Crippen molar-refractivity contribution in [3.05, 3.63) is 0 Å². The SMILES string of the molecule is O.O.O.O.O.O.O.O.O.O.O.O.O=C([O-])COCC(=O)[O-].O=C([O-])COCC(=O)[O-].O=C([O-])COCC(=O)[O-].O=C([O-])COCC(=O)[O-].O=C([O-])COCC(=O)[O-].O=C([O-])COCC(=O)[O-].[Ca+2].[Ca+2].[Ca+2].[Tm+3].[Tm+3]. The van der Waals surface area contributed by atoms with E-state index in [1.807, 2.05) is 0 Å². The van der Waals surface area contributed by atoms with E-state index in [9.17, 15) is 119 Å². The summed E-state index contributed by atoms with van der Waals surface area (Å²) in [6, 6.07) is 0. The van der Waals surface area contributed by atoms with Gasteiger partial charge in [-0.3, -0.25) is 0 Å². The Labute approximate surface area is 543 Å². The summed E-state index contributed by atoms with van der Waals surface area (Å²) < 4.78 is 24.2. The van der Waals surface area contributed by atoms with Gasteiger partial charge in [-0.15, -0.1) is 0 Å². The molecule has 0 amide bonds. The molecule has 0 aliphatic carbocycles. The fraction of sp³-hybridized carbons (Fsp3) is 0.500. The summed E-state index contributed by atoms with van der Waals surface area (Å²) in [7, 11) is 0. The number of hydrogen-bond acceptors (Lipinski definition) is 30. The summed E-state index contributed by atoms with van der Waals surface area (Å²) in [5.74, 6) is -17.4. The molecule has 0 aliphatic heterocycles. The molecule has 71 heavy (non-hydrogen) atoms. The van der Waals surface area contributed by atoms with Crippen LogP contribution in [0.25, 0.3) is 0 Å². The van der Waals surface area contributed by atoms with Crippen molar-refractivity contribution in [2.45, 2.75) is 0 Å². The summed E-state index contributed by atoms with van der Waals surface area (Å²) in [4.78, 5) is 114. The molecule has 0 heterocycles. The minimum absolute atomic E-state index is 0. The van der Waals surface area contributed by atoms with E-state index in [1.54, 1.807) is 0 Å². The second-order valence-corrected chi connectivity index (χ2v) is 7.42. The monoisotopic (exact) mass is 1470 g/mol. The number of carbonyl (C=O) groups is 12. The second kappa shape index (κ2) is 114. The number of ether oxygens (including phenoxy) is 6. The van der Waals surface area contributed by atoms with E-state index in [0.717, 1.165) is 0 Å². The minimum atomic E-state index is -1.45. The summed E-state index contributed by atoms with van der Waals surface area (Å²) in [5.41, 5.74) is 0. The van der Waals surface area contributed by atoms with Crippen LogP contribution in [0, 0.1) is 73.7 Å². The van der Waals surface area contributed by atoms with Gasteiger partial charge < -0.3 is 213 Å². The van der Waals surface area contributed by atoms with Crippen LogP contribution in [0.2, 0.25) is 0 Å². The Kier molecular flexibility index (Phi) is 242. The molecule has 0 aromatic carbocycles. The molecule has 0 aromatic rings. The quantitative estimate of drug-likeness (QED) is 0.0810. The minimum Gasteiger partial charge on any atom is -0.548 e. The third-order valence-corrected chi connectivity index (χ3v) is 2.64. The number of aliphatic carboxylic acids is 12.